The van der Waals surface area contributed by atoms with E-state index >= 15 is 0 Å². The third kappa shape index (κ3) is 2.92. The van der Waals surface area contributed by atoms with Crippen LogP contribution in [0.15, 0.2) is 29.2 Å². The first-order valence-electron chi connectivity index (χ1n) is 6.90. The molecule has 1 aromatic rings. The van der Waals surface area contributed by atoms with E-state index in [1.54, 1.807) is 18.2 Å². The van der Waals surface area contributed by atoms with E-state index in [2.05, 4.69) is 10.0 Å². The van der Waals surface area contributed by atoms with Crippen molar-refractivity contribution in [1.29, 1.82) is 0 Å². The fourth-order valence-corrected chi connectivity index (χ4v) is 4.22. The molecule has 0 bridgehead atoms. The summed E-state index contributed by atoms with van der Waals surface area (Å²) in [7, 11) is -3.46. The molecule has 0 unspecified atom stereocenters. The average molecular weight is 282 g/mol. The Kier molecular flexibility index (Phi) is 4.16. The molecule has 0 atom stereocenters. The van der Waals surface area contributed by atoms with Gasteiger partial charge in [0, 0.05) is 12.1 Å². The molecule has 1 fully saturated rings. The summed E-state index contributed by atoms with van der Waals surface area (Å²) in [6.45, 7) is 4.69. The normalized spacial score (nSPS) is 17.8. The number of hydrogen-bond donors (Lipinski definition) is 2. The highest BCUT2D eigenvalue weighted by Gasteiger charge is 2.39. The Hall–Kier alpha value is -1.07. The lowest BCUT2D eigenvalue weighted by molar-refractivity contribution is 0.214. The Morgan fingerprint density at radius 3 is 2.42 bits per heavy atom. The summed E-state index contributed by atoms with van der Waals surface area (Å²) in [5.41, 5.74) is 0.445. The number of anilines is 1. The van der Waals surface area contributed by atoms with Gasteiger partial charge in [0.1, 0.15) is 4.90 Å². The minimum Gasteiger partial charge on any atom is -0.384 e. The average Bonchev–Trinajstić information content (AvgIpc) is 2.35. The molecule has 4 nitrogen and oxygen atoms in total. The van der Waals surface area contributed by atoms with Crippen molar-refractivity contribution in [2.75, 3.05) is 11.9 Å². The molecule has 0 aliphatic heterocycles. The van der Waals surface area contributed by atoms with Gasteiger partial charge in [-0.2, -0.15) is 0 Å². The Balaban J connectivity index is 2.29. The van der Waals surface area contributed by atoms with Crippen LogP contribution in [0, 0.1) is 0 Å². The maximum absolute atomic E-state index is 12.5. The highest BCUT2D eigenvalue weighted by molar-refractivity contribution is 7.89. The number of benzene rings is 1. The van der Waals surface area contributed by atoms with Gasteiger partial charge < -0.3 is 5.32 Å². The van der Waals surface area contributed by atoms with Crippen molar-refractivity contribution in [1.82, 2.24) is 4.72 Å². The van der Waals surface area contributed by atoms with Crippen molar-refractivity contribution in [3.63, 3.8) is 0 Å². The first kappa shape index (κ1) is 14.3. The van der Waals surface area contributed by atoms with Gasteiger partial charge in [-0.05, 0) is 44.7 Å². The second-order valence-electron chi connectivity index (χ2n) is 5.12. The Morgan fingerprint density at radius 1 is 1.21 bits per heavy atom. The van der Waals surface area contributed by atoms with E-state index in [9.17, 15) is 8.42 Å². The monoisotopic (exact) mass is 282 g/mol. The number of nitrogens with one attached hydrogen (secondary N) is 2. The summed E-state index contributed by atoms with van der Waals surface area (Å²) >= 11 is 0. The Bertz CT molecular complexity index is 531. The third-order valence-electron chi connectivity index (χ3n) is 3.88. The van der Waals surface area contributed by atoms with Crippen LogP contribution >= 0.6 is 0 Å². The van der Waals surface area contributed by atoms with Gasteiger partial charge in [0.05, 0.1) is 5.69 Å². The first-order valence-corrected chi connectivity index (χ1v) is 8.38. The Labute approximate surface area is 115 Å². The van der Waals surface area contributed by atoms with Crippen LogP contribution in [0.5, 0.6) is 0 Å². The van der Waals surface area contributed by atoms with Gasteiger partial charge in [-0.25, -0.2) is 13.1 Å². The summed E-state index contributed by atoms with van der Waals surface area (Å²) < 4.78 is 28.0. The van der Waals surface area contributed by atoms with E-state index in [1.807, 2.05) is 19.9 Å². The molecular weight excluding hydrogens is 260 g/mol. The molecule has 0 radical (unpaired) electrons. The minimum absolute atomic E-state index is 0.224. The van der Waals surface area contributed by atoms with Crippen molar-refractivity contribution in [2.45, 2.75) is 50.0 Å². The van der Waals surface area contributed by atoms with Gasteiger partial charge in [0.15, 0.2) is 0 Å². The van der Waals surface area contributed by atoms with Crippen LogP contribution in [0.1, 0.15) is 39.5 Å². The molecule has 1 saturated carbocycles. The van der Waals surface area contributed by atoms with E-state index in [1.165, 1.54) is 0 Å². The molecule has 106 valence electrons. The molecule has 1 aliphatic rings. The lowest BCUT2D eigenvalue weighted by atomic mass is 9.76. The van der Waals surface area contributed by atoms with Gasteiger partial charge in [-0.15, -0.1) is 0 Å². The topological polar surface area (TPSA) is 58.2 Å². The SMILES string of the molecule is CCNc1ccccc1S(=O)(=O)NC1(CC)CCC1. The van der Waals surface area contributed by atoms with Crippen LogP contribution in [0.25, 0.3) is 0 Å². The number of rotatable bonds is 6. The second-order valence-corrected chi connectivity index (χ2v) is 6.77. The summed E-state index contributed by atoms with van der Waals surface area (Å²) in [5, 5.41) is 3.10. The fraction of sp³-hybridized carbons (Fsp3) is 0.571. The molecule has 5 heteroatoms. The lowest BCUT2D eigenvalue weighted by Gasteiger charge is -2.41. The molecule has 2 rings (SSSR count). The molecule has 19 heavy (non-hydrogen) atoms. The van der Waals surface area contributed by atoms with Crippen LogP contribution in [-0.2, 0) is 10.0 Å². The summed E-state index contributed by atoms with van der Waals surface area (Å²) in [6, 6.07) is 7.06. The van der Waals surface area contributed by atoms with Crippen LogP contribution in [0.2, 0.25) is 0 Å². The fourth-order valence-electron chi connectivity index (χ4n) is 2.51. The lowest BCUT2D eigenvalue weighted by Crippen LogP contribution is -2.52. The predicted octanol–water partition coefficient (Wildman–Crippen LogP) is 2.73. The zero-order chi connectivity index (χ0) is 13.9. The highest BCUT2D eigenvalue weighted by Crippen LogP contribution is 2.36. The molecule has 0 heterocycles. The van der Waals surface area contributed by atoms with E-state index in [0.717, 1.165) is 25.7 Å². The quantitative estimate of drug-likeness (QED) is 0.843. The summed E-state index contributed by atoms with van der Waals surface area (Å²) in [4.78, 5) is 0.344. The Morgan fingerprint density at radius 2 is 1.89 bits per heavy atom. The van der Waals surface area contributed by atoms with Crippen molar-refractivity contribution in [3.05, 3.63) is 24.3 Å². The van der Waals surface area contributed by atoms with Crippen LogP contribution < -0.4 is 10.0 Å². The van der Waals surface area contributed by atoms with Crippen molar-refractivity contribution in [2.24, 2.45) is 0 Å². The van der Waals surface area contributed by atoms with Gasteiger partial charge in [0.25, 0.3) is 0 Å². The zero-order valence-corrected chi connectivity index (χ0v) is 12.4. The molecule has 1 aromatic carbocycles. The summed E-state index contributed by atoms with van der Waals surface area (Å²) in [5.74, 6) is 0. The molecule has 2 N–H and O–H groups in total. The first-order chi connectivity index (χ1) is 9.03. The zero-order valence-electron chi connectivity index (χ0n) is 11.6. The second kappa shape index (κ2) is 5.51. The van der Waals surface area contributed by atoms with Gasteiger partial charge in [-0.1, -0.05) is 19.1 Å². The standard InChI is InChI=1S/C14H22N2O2S/c1-3-14(10-7-11-14)16-19(17,18)13-9-6-5-8-12(13)15-4-2/h5-6,8-9,15-16H,3-4,7,10-11H2,1-2H3. The van der Waals surface area contributed by atoms with Crippen molar-refractivity contribution in [3.8, 4) is 0 Å². The van der Waals surface area contributed by atoms with E-state index in [0.29, 0.717) is 17.1 Å². The van der Waals surface area contributed by atoms with Crippen LogP contribution in [0.3, 0.4) is 0 Å². The highest BCUT2D eigenvalue weighted by atomic mass is 32.2. The maximum Gasteiger partial charge on any atom is 0.243 e. The van der Waals surface area contributed by atoms with Crippen molar-refractivity contribution >= 4 is 15.7 Å². The van der Waals surface area contributed by atoms with E-state index in [4.69, 9.17) is 0 Å². The number of hydrogen-bond acceptors (Lipinski definition) is 3. The molecule has 1 aliphatic carbocycles. The molecular formula is C14H22N2O2S. The summed E-state index contributed by atoms with van der Waals surface area (Å²) in [6.07, 6.45) is 3.82. The van der Waals surface area contributed by atoms with Crippen LogP contribution in [-0.4, -0.2) is 20.5 Å². The third-order valence-corrected chi connectivity index (χ3v) is 5.52. The maximum atomic E-state index is 12.5. The largest absolute Gasteiger partial charge is 0.384 e. The van der Waals surface area contributed by atoms with Gasteiger partial charge >= 0.3 is 0 Å². The van der Waals surface area contributed by atoms with Crippen LogP contribution in [0.4, 0.5) is 5.69 Å². The molecule has 0 amide bonds. The number of para-hydroxylation sites is 1. The molecule has 0 spiro atoms. The van der Waals surface area contributed by atoms with Gasteiger partial charge in [-0.3, -0.25) is 0 Å². The predicted molar refractivity (Wildman–Crippen MR) is 77.8 cm³/mol. The van der Waals surface area contributed by atoms with E-state index < -0.39 is 10.0 Å². The van der Waals surface area contributed by atoms with Crippen molar-refractivity contribution < 1.29 is 8.42 Å². The minimum atomic E-state index is -3.46. The smallest absolute Gasteiger partial charge is 0.243 e. The number of sulfonamides is 1. The van der Waals surface area contributed by atoms with E-state index in [-0.39, 0.29) is 5.54 Å². The molecule has 0 saturated heterocycles. The molecule has 0 aromatic heterocycles. The van der Waals surface area contributed by atoms with Gasteiger partial charge in [0.2, 0.25) is 10.0 Å².